The fraction of sp³-hybridized carbons (Fsp3) is 0.455. The highest BCUT2D eigenvalue weighted by Crippen LogP contribution is 2.22. The number of hydrogen-bond donors (Lipinski definition) is 1. The number of aliphatic hydroxyl groups is 1. The van der Waals surface area contributed by atoms with Crippen molar-refractivity contribution in [2.45, 2.75) is 32.0 Å². The Kier molecular flexibility index (Phi) is 7.16. The number of nitrogens with zero attached hydrogens (tertiary/aromatic N) is 1. The third-order valence-electron chi connectivity index (χ3n) is 5.24. The number of rotatable bonds is 9. The molecule has 1 aliphatic rings. The zero-order valence-corrected chi connectivity index (χ0v) is 17.8. The number of aliphatic hydroxyl groups excluding tert-OH is 1. The van der Waals surface area contributed by atoms with Crippen molar-refractivity contribution in [3.05, 3.63) is 59.7 Å². The Morgan fingerprint density at radius 2 is 1.90 bits per heavy atom. The van der Waals surface area contributed by atoms with Crippen LogP contribution in [0.3, 0.4) is 0 Å². The van der Waals surface area contributed by atoms with Gasteiger partial charge in [-0.05, 0) is 42.7 Å². The van der Waals surface area contributed by atoms with Gasteiger partial charge in [0.25, 0.3) is 0 Å². The molecule has 2 aromatic carbocycles. The summed E-state index contributed by atoms with van der Waals surface area (Å²) in [6.07, 6.45) is -0.139. The highest BCUT2D eigenvalue weighted by molar-refractivity contribution is 7.91. The molecule has 158 valence electrons. The minimum atomic E-state index is -3.01. The second-order valence-corrected chi connectivity index (χ2v) is 9.79. The molecule has 29 heavy (non-hydrogen) atoms. The summed E-state index contributed by atoms with van der Waals surface area (Å²) in [6, 6.07) is 15.3. The van der Waals surface area contributed by atoms with E-state index in [0.29, 0.717) is 19.5 Å². The first-order valence-electron chi connectivity index (χ1n) is 9.80. The molecule has 1 fully saturated rings. The first kappa shape index (κ1) is 21.6. The Hall–Kier alpha value is -2.09. The van der Waals surface area contributed by atoms with Crippen LogP contribution in [0.25, 0.3) is 0 Å². The molecule has 0 amide bonds. The van der Waals surface area contributed by atoms with Crippen molar-refractivity contribution < 1.29 is 23.0 Å². The normalized spacial score (nSPS) is 19.2. The molecule has 1 heterocycles. The summed E-state index contributed by atoms with van der Waals surface area (Å²) in [5, 5.41) is 10.6. The van der Waals surface area contributed by atoms with Gasteiger partial charge in [0.15, 0.2) is 9.84 Å². The molecule has 2 atom stereocenters. The van der Waals surface area contributed by atoms with Gasteiger partial charge < -0.3 is 14.6 Å². The first-order chi connectivity index (χ1) is 13.9. The molecule has 2 unspecified atom stereocenters. The molecule has 0 radical (unpaired) electrons. The number of benzene rings is 2. The summed E-state index contributed by atoms with van der Waals surface area (Å²) in [5.74, 6) is 1.85. The minimum absolute atomic E-state index is 0.102. The van der Waals surface area contributed by atoms with Gasteiger partial charge in [-0.1, -0.05) is 30.3 Å². The van der Waals surface area contributed by atoms with Crippen LogP contribution >= 0.6 is 0 Å². The predicted octanol–water partition coefficient (Wildman–Crippen LogP) is 2.43. The van der Waals surface area contributed by atoms with Gasteiger partial charge >= 0.3 is 0 Å². The van der Waals surface area contributed by atoms with Gasteiger partial charge in [0.2, 0.25) is 0 Å². The lowest BCUT2D eigenvalue weighted by Crippen LogP contribution is -2.42. The summed E-state index contributed by atoms with van der Waals surface area (Å²) >= 11 is 0. The van der Waals surface area contributed by atoms with Crippen LogP contribution in [0.5, 0.6) is 11.5 Å². The summed E-state index contributed by atoms with van der Waals surface area (Å²) in [5.41, 5.74) is 2.05. The number of hydrogen-bond acceptors (Lipinski definition) is 6. The summed E-state index contributed by atoms with van der Waals surface area (Å²) < 4.78 is 34.9. The van der Waals surface area contributed by atoms with E-state index in [4.69, 9.17) is 9.47 Å². The van der Waals surface area contributed by atoms with E-state index >= 15 is 0 Å². The van der Waals surface area contributed by atoms with Crippen molar-refractivity contribution in [2.24, 2.45) is 0 Å². The molecule has 0 saturated carbocycles. The van der Waals surface area contributed by atoms with E-state index in [1.807, 2.05) is 55.5 Å². The van der Waals surface area contributed by atoms with E-state index in [-0.39, 0.29) is 24.2 Å². The van der Waals surface area contributed by atoms with Crippen LogP contribution in [0.2, 0.25) is 0 Å². The van der Waals surface area contributed by atoms with E-state index < -0.39 is 15.9 Å². The Labute approximate surface area is 173 Å². The molecule has 1 saturated heterocycles. The maximum Gasteiger partial charge on any atom is 0.151 e. The van der Waals surface area contributed by atoms with E-state index in [9.17, 15) is 13.5 Å². The van der Waals surface area contributed by atoms with Crippen molar-refractivity contribution >= 4 is 9.84 Å². The molecule has 7 heteroatoms. The third kappa shape index (κ3) is 6.19. The van der Waals surface area contributed by atoms with Crippen LogP contribution < -0.4 is 9.47 Å². The lowest BCUT2D eigenvalue weighted by molar-refractivity contribution is 0.0523. The summed E-state index contributed by atoms with van der Waals surface area (Å²) in [4.78, 5) is 2.05. The van der Waals surface area contributed by atoms with Crippen LogP contribution in [0.4, 0.5) is 0 Å². The summed E-state index contributed by atoms with van der Waals surface area (Å²) in [6.45, 7) is 3.02. The van der Waals surface area contributed by atoms with Gasteiger partial charge in [-0.25, -0.2) is 8.42 Å². The number of ether oxygens (including phenoxy) is 2. The monoisotopic (exact) mass is 419 g/mol. The number of para-hydroxylation sites is 1. The zero-order valence-electron chi connectivity index (χ0n) is 17.0. The number of methoxy groups -OCH3 is 1. The standard InChI is InChI=1S/C22H29NO5S/c1-17-5-3-4-6-22(17)28-15-20(24)14-23(19-11-12-29(25,26)16-19)13-18-7-9-21(27-2)10-8-18/h3-10,19-20,24H,11-16H2,1-2H3. The molecular formula is C22H29NO5S. The molecule has 0 aliphatic carbocycles. The lowest BCUT2D eigenvalue weighted by atomic mass is 10.1. The molecular weight excluding hydrogens is 390 g/mol. The first-order valence-corrected chi connectivity index (χ1v) is 11.6. The highest BCUT2D eigenvalue weighted by atomic mass is 32.2. The second kappa shape index (κ2) is 9.61. The largest absolute Gasteiger partial charge is 0.497 e. The maximum absolute atomic E-state index is 12.0. The van der Waals surface area contributed by atoms with Crippen LogP contribution in [-0.2, 0) is 16.4 Å². The van der Waals surface area contributed by atoms with Gasteiger partial charge in [-0.3, -0.25) is 4.90 Å². The molecule has 0 bridgehead atoms. The number of sulfone groups is 1. The van der Waals surface area contributed by atoms with E-state index in [2.05, 4.69) is 4.90 Å². The highest BCUT2D eigenvalue weighted by Gasteiger charge is 2.33. The van der Waals surface area contributed by atoms with Crippen molar-refractivity contribution in [1.82, 2.24) is 4.90 Å². The van der Waals surface area contributed by atoms with Gasteiger partial charge in [-0.2, -0.15) is 0 Å². The van der Waals surface area contributed by atoms with Gasteiger partial charge in [-0.15, -0.1) is 0 Å². The average Bonchev–Trinajstić information content (AvgIpc) is 3.07. The van der Waals surface area contributed by atoms with Crippen LogP contribution in [0.15, 0.2) is 48.5 Å². The van der Waals surface area contributed by atoms with Crippen LogP contribution in [-0.4, -0.2) is 62.3 Å². The quantitative estimate of drug-likeness (QED) is 0.673. The van der Waals surface area contributed by atoms with E-state index in [0.717, 1.165) is 22.6 Å². The fourth-order valence-electron chi connectivity index (χ4n) is 3.60. The molecule has 6 nitrogen and oxygen atoms in total. The van der Waals surface area contributed by atoms with Gasteiger partial charge in [0.1, 0.15) is 24.2 Å². The molecule has 1 N–H and O–H groups in total. The van der Waals surface area contributed by atoms with Crippen molar-refractivity contribution in [3.8, 4) is 11.5 Å². The van der Waals surface area contributed by atoms with E-state index in [1.54, 1.807) is 7.11 Å². The molecule has 0 spiro atoms. The smallest absolute Gasteiger partial charge is 0.151 e. The Morgan fingerprint density at radius 1 is 1.17 bits per heavy atom. The Bertz CT molecular complexity index is 898. The maximum atomic E-state index is 12.0. The molecule has 0 aromatic heterocycles. The van der Waals surface area contributed by atoms with Crippen molar-refractivity contribution in [2.75, 3.05) is 31.8 Å². The zero-order chi connectivity index (χ0) is 20.9. The van der Waals surface area contributed by atoms with Crippen molar-refractivity contribution in [1.29, 1.82) is 0 Å². The van der Waals surface area contributed by atoms with Gasteiger partial charge in [0.05, 0.1) is 18.6 Å². The minimum Gasteiger partial charge on any atom is -0.497 e. The van der Waals surface area contributed by atoms with Crippen LogP contribution in [0, 0.1) is 6.92 Å². The summed E-state index contributed by atoms with van der Waals surface area (Å²) in [7, 11) is -1.39. The second-order valence-electron chi connectivity index (χ2n) is 7.56. The average molecular weight is 420 g/mol. The predicted molar refractivity (Wildman–Crippen MR) is 113 cm³/mol. The fourth-order valence-corrected chi connectivity index (χ4v) is 5.36. The topological polar surface area (TPSA) is 76.1 Å². The third-order valence-corrected chi connectivity index (χ3v) is 6.99. The molecule has 1 aliphatic heterocycles. The lowest BCUT2D eigenvalue weighted by Gasteiger charge is -2.30. The molecule has 2 aromatic rings. The van der Waals surface area contributed by atoms with Crippen LogP contribution in [0.1, 0.15) is 17.5 Å². The number of aryl methyl sites for hydroxylation is 1. The Morgan fingerprint density at radius 3 is 2.52 bits per heavy atom. The van der Waals surface area contributed by atoms with Gasteiger partial charge in [0, 0.05) is 19.1 Å². The SMILES string of the molecule is COc1ccc(CN(CC(O)COc2ccccc2C)C2CCS(=O)(=O)C2)cc1. The van der Waals surface area contributed by atoms with E-state index in [1.165, 1.54) is 0 Å². The Balaban J connectivity index is 1.66. The molecule has 3 rings (SSSR count). The van der Waals surface area contributed by atoms with Crippen molar-refractivity contribution in [3.63, 3.8) is 0 Å².